The van der Waals surface area contributed by atoms with Crippen LogP contribution < -0.4 is 5.32 Å². The lowest BCUT2D eigenvalue weighted by molar-refractivity contribution is -0.138. The Morgan fingerprint density at radius 1 is 1.27 bits per heavy atom. The van der Waals surface area contributed by atoms with E-state index in [0.717, 1.165) is 11.6 Å². The van der Waals surface area contributed by atoms with Crippen LogP contribution in [0.25, 0.3) is 17.0 Å². The second kappa shape index (κ2) is 10.1. The number of alkyl halides is 4. The van der Waals surface area contributed by atoms with Gasteiger partial charge >= 0.3 is 6.18 Å². The minimum absolute atomic E-state index is 0.0111. The molecule has 12 heteroatoms. The molecule has 0 radical (unpaired) electrons. The van der Waals surface area contributed by atoms with Gasteiger partial charge in [-0.2, -0.15) is 23.3 Å². The molecule has 1 amide bonds. The molecule has 3 heterocycles. The van der Waals surface area contributed by atoms with Crippen molar-refractivity contribution < 1.29 is 22.4 Å². The van der Waals surface area contributed by atoms with Gasteiger partial charge in [0.2, 0.25) is 0 Å². The number of carbonyl (C=O) groups excluding carboxylic acids is 1. The maximum absolute atomic E-state index is 14.3. The van der Waals surface area contributed by atoms with Crippen molar-refractivity contribution in [2.75, 3.05) is 20.1 Å². The van der Waals surface area contributed by atoms with Gasteiger partial charge in [0, 0.05) is 24.0 Å². The molecular formula is C25H22ClF4N5OS. The summed E-state index contributed by atoms with van der Waals surface area (Å²) in [6.07, 6.45) is -1.71. The Kier molecular flexibility index (Phi) is 7.03. The quantitative estimate of drug-likeness (QED) is 0.349. The second-order valence-corrected chi connectivity index (χ2v) is 10.4. The highest BCUT2D eigenvalue weighted by Crippen LogP contribution is 2.35. The molecule has 2 aliphatic heterocycles. The number of rotatable bonds is 4. The Morgan fingerprint density at radius 2 is 2.08 bits per heavy atom. The Balaban J connectivity index is 1.35. The van der Waals surface area contributed by atoms with Crippen LogP contribution in [-0.2, 0) is 17.5 Å². The van der Waals surface area contributed by atoms with Gasteiger partial charge in [-0.1, -0.05) is 23.7 Å². The fourth-order valence-electron chi connectivity index (χ4n) is 4.52. The predicted octanol–water partition coefficient (Wildman–Crippen LogP) is 5.36. The molecular weight excluding hydrogens is 530 g/mol. The summed E-state index contributed by atoms with van der Waals surface area (Å²) in [5.74, 6) is -0.394. The number of halogens is 5. The summed E-state index contributed by atoms with van der Waals surface area (Å²) in [5, 5.41) is 8.47. The monoisotopic (exact) mass is 551 g/mol. The van der Waals surface area contributed by atoms with Gasteiger partial charge in [0.1, 0.15) is 6.17 Å². The smallest absolute Gasteiger partial charge is 0.348 e. The number of fused-ring (bicyclic) bond motifs is 1. The van der Waals surface area contributed by atoms with E-state index in [4.69, 9.17) is 11.6 Å². The highest BCUT2D eigenvalue weighted by Gasteiger charge is 2.35. The summed E-state index contributed by atoms with van der Waals surface area (Å²) in [4.78, 5) is 18.8. The van der Waals surface area contributed by atoms with E-state index in [0.29, 0.717) is 33.9 Å². The molecule has 0 unspecified atom stereocenters. The van der Waals surface area contributed by atoms with Crippen molar-refractivity contribution in [2.45, 2.75) is 31.4 Å². The molecule has 0 saturated carbocycles. The van der Waals surface area contributed by atoms with Crippen LogP contribution in [0.5, 0.6) is 0 Å². The van der Waals surface area contributed by atoms with Crippen LogP contribution in [-0.4, -0.2) is 58.1 Å². The van der Waals surface area contributed by atoms with Gasteiger partial charge in [0.05, 0.1) is 34.8 Å². The Labute approximate surface area is 219 Å². The third-order valence-electron chi connectivity index (χ3n) is 6.44. The van der Waals surface area contributed by atoms with E-state index in [2.05, 4.69) is 15.4 Å². The molecule has 37 heavy (non-hydrogen) atoms. The van der Waals surface area contributed by atoms with Crippen LogP contribution >= 0.6 is 23.4 Å². The standard InChI is InChI=1S/C25H22ClF4N5OS/c1-34(21-6-7-31-12-19(21)27)24-33-23(36)22(37-24)9-14-2-5-20-16(8-14)11-32-35(20)13-15-3-4-17(26)10-18(15)25(28,29)30/h2-5,8-11,19,21,31H,6-7,12-13H2,1H3/t19-,21+/m1/s1. The van der Waals surface area contributed by atoms with Gasteiger partial charge < -0.3 is 10.2 Å². The van der Waals surface area contributed by atoms with E-state index < -0.39 is 23.8 Å². The summed E-state index contributed by atoms with van der Waals surface area (Å²) in [5.41, 5.74) is 0.618. The molecule has 5 rings (SSSR count). The van der Waals surface area contributed by atoms with Crippen molar-refractivity contribution in [2.24, 2.45) is 4.99 Å². The summed E-state index contributed by atoms with van der Waals surface area (Å²) >= 11 is 6.98. The first kappa shape index (κ1) is 25.7. The van der Waals surface area contributed by atoms with Crippen molar-refractivity contribution >= 4 is 51.4 Å². The van der Waals surface area contributed by atoms with Crippen LogP contribution in [0.4, 0.5) is 17.6 Å². The zero-order valence-electron chi connectivity index (χ0n) is 19.6. The SMILES string of the molecule is CN(C1=NC(=O)C(=Cc2ccc3c(cnn3Cc3ccc(Cl)cc3C(F)(F)F)c2)S1)[C@H]1CCNC[C@H]1F. The Morgan fingerprint density at radius 3 is 2.84 bits per heavy atom. The van der Waals surface area contributed by atoms with Crippen LogP contribution in [0.15, 0.2) is 52.5 Å². The van der Waals surface area contributed by atoms with E-state index in [1.165, 1.54) is 28.6 Å². The highest BCUT2D eigenvalue weighted by atomic mass is 35.5. The number of hydrogen-bond donors (Lipinski definition) is 1. The highest BCUT2D eigenvalue weighted by molar-refractivity contribution is 8.18. The largest absolute Gasteiger partial charge is 0.416 e. The van der Waals surface area contributed by atoms with Gasteiger partial charge in [-0.15, -0.1) is 0 Å². The number of nitrogens with one attached hydrogen (secondary N) is 1. The Bertz CT molecular complexity index is 1420. The minimum Gasteiger partial charge on any atom is -0.348 e. The molecule has 1 N–H and O–H groups in total. The lowest BCUT2D eigenvalue weighted by atomic mass is 10.0. The maximum atomic E-state index is 14.3. The van der Waals surface area contributed by atoms with Crippen molar-refractivity contribution in [3.8, 4) is 0 Å². The molecule has 0 spiro atoms. The van der Waals surface area contributed by atoms with Gasteiger partial charge in [-0.05, 0) is 66.2 Å². The van der Waals surface area contributed by atoms with Crippen LogP contribution in [0, 0.1) is 0 Å². The number of piperidine rings is 1. The average molecular weight is 552 g/mol. The minimum atomic E-state index is -4.54. The third-order valence-corrected chi connectivity index (χ3v) is 7.75. The first-order chi connectivity index (χ1) is 17.6. The van der Waals surface area contributed by atoms with Crippen LogP contribution in [0.3, 0.4) is 0 Å². The number of aliphatic imine (C=N–C) groups is 1. The number of thioether (sulfide) groups is 1. The lowest BCUT2D eigenvalue weighted by Crippen LogP contribution is -2.50. The van der Waals surface area contributed by atoms with Gasteiger partial charge in [-0.3, -0.25) is 9.48 Å². The molecule has 1 fully saturated rings. The molecule has 2 aromatic carbocycles. The van der Waals surface area contributed by atoms with E-state index in [1.807, 2.05) is 0 Å². The van der Waals surface area contributed by atoms with E-state index in [-0.39, 0.29) is 29.7 Å². The fourth-order valence-corrected chi connectivity index (χ4v) is 5.62. The molecule has 1 saturated heterocycles. The summed E-state index contributed by atoms with van der Waals surface area (Å²) in [6, 6.07) is 8.65. The molecule has 0 bridgehead atoms. The molecule has 2 atom stereocenters. The molecule has 3 aromatic rings. The number of amidine groups is 1. The first-order valence-corrected chi connectivity index (χ1v) is 12.7. The molecule has 0 aliphatic carbocycles. The van der Waals surface area contributed by atoms with Crippen LogP contribution in [0.1, 0.15) is 23.1 Å². The molecule has 1 aromatic heterocycles. The maximum Gasteiger partial charge on any atom is 0.416 e. The van der Waals surface area contributed by atoms with Gasteiger partial charge in [0.25, 0.3) is 5.91 Å². The van der Waals surface area contributed by atoms with E-state index in [1.54, 1.807) is 42.4 Å². The number of benzene rings is 2. The molecule has 2 aliphatic rings. The lowest BCUT2D eigenvalue weighted by Gasteiger charge is -2.34. The average Bonchev–Trinajstić information content (AvgIpc) is 3.42. The van der Waals surface area contributed by atoms with Crippen molar-refractivity contribution in [1.82, 2.24) is 20.0 Å². The van der Waals surface area contributed by atoms with Gasteiger partial charge in [0.15, 0.2) is 5.17 Å². The van der Waals surface area contributed by atoms with Crippen molar-refractivity contribution in [3.05, 3.63) is 69.2 Å². The van der Waals surface area contributed by atoms with Crippen molar-refractivity contribution in [3.63, 3.8) is 0 Å². The normalized spacial score (nSPS) is 21.6. The second-order valence-electron chi connectivity index (χ2n) is 8.92. The Hall–Kier alpha value is -2.89. The van der Waals surface area contributed by atoms with Crippen LogP contribution in [0.2, 0.25) is 5.02 Å². The van der Waals surface area contributed by atoms with E-state index in [9.17, 15) is 22.4 Å². The zero-order valence-corrected chi connectivity index (χ0v) is 21.2. The summed E-state index contributed by atoms with van der Waals surface area (Å²) < 4.78 is 56.3. The number of aromatic nitrogens is 2. The number of hydrogen-bond acceptors (Lipinski definition) is 5. The summed E-state index contributed by atoms with van der Waals surface area (Å²) in [6.45, 7) is 0.889. The zero-order chi connectivity index (χ0) is 26.3. The first-order valence-electron chi connectivity index (χ1n) is 11.5. The molecule has 6 nitrogen and oxygen atoms in total. The fraction of sp³-hybridized carbons (Fsp3) is 0.320. The van der Waals surface area contributed by atoms with E-state index >= 15 is 0 Å². The third kappa shape index (κ3) is 5.39. The summed E-state index contributed by atoms with van der Waals surface area (Å²) in [7, 11) is 1.75. The topological polar surface area (TPSA) is 62.5 Å². The molecule has 194 valence electrons. The van der Waals surface area contributed by atoms with Gasteiger partial charge in [-0.25, -0.2) is 4.39 Å². The number of amides is 1. The van der Waals surface area contributed by atoms with Crippen molar-refractivity contribution in [1.29, 1.82) is 0 Å². The number of carbonyl (C=O) groups is 1. The number of nitrogens with zero attached hydrogens (tertiary/aromatic N) is 4. The predicted molar refractivity (Wildman–Crippen MR) is 137 cm³/mol.